The van der Waals surface area contributed by atoms with Crippen LogP contribution in [0.3, 0.4) is 0 Å². The van der Waals surface area contributed by atoms with Gasteiger partial charge in [0.05, 0.1) is 0 Å². The van der Waals surface area contributed by atoms with Gasteiger partial charge in [0, 0.05) is 0 Å². The maximum Gasteiger partial charge on any atom is -0.0233 e. The molecule has 2 atom stereocenters. The maximum absolute atomic E-state index is 2.47. The molecule has 0 aromatic carbocycles. The summed E-state index contributed by atoms with van der Waals surface area (Å²) in [4.78, 5) is 0. The maximum atomic E-state index is 2.47. The van der Waals surface area contributed by atoms with Crippen LogP contribution in [0.5, 0.6) is 0 Å². The zero-order valence-electron chi connectivity index (χ0n) is 8.98. The second-order valence-corrected chi connectivity index (χ2v) is 6.07. The lowest BCUT2D eigenvalue weighted by Crippen LogP contribution is -2.13. The Hall–Kier alpha value is 0. The van der Waals surface area contributed by atoms with Crippen molar-refractivity contribution in [3.8, 4) is 0 Å². The van der Waals surface area contributed by atoms with Crippen LogP contribution in [0.2, 0.25) is 0 Å². The van der Waals surface area contributed by atoms with Gasteiger partial charge >= 0.3 is 0 Å². The van der Waals surface area contributed by atoms with E-state index in [1.807, 2.05) is 0 Å². The molecular weight excluding hydrogens is 144 g/mol. The van der Waals surface area contributed by atoms with Gasteiger partial charge in [0.1, 0.15) is 0 Å². The van der Waals surface area contributed by atoms with Crippen LogP contribution < -0.4 is 0 Å². The summed E-state index contributed by atoms with van der Waals surface area (Å²) in [6.07, 6.45) is 6.04. The Morgan fingerprint density at radius 1 is 1.08 bits per heavy atom. The fourth-order valence-electron chi connectivity index (χ4n) is 4.11. The van der Waals surface area contributed by atoms with Gasteiger partial charge in [-0.15, -0.1) is 0 Å². The van der Waals surface area contributed by atoms with Gasteiger partial charge in [-0.25, -0.2) is 0 Å². The minimum absolute atomic E-state index is 0.559. The molecule has 70 valence electrons. The molecule has 1 spiro atoms. The molecule has 0 heteroatoms. The molecule has 0 aromatic rings. The molecule has 2 fully saturated rings. The first-order chi connectivity index (χ1) is 5.48. The first-order valence-corrected chi connectivity index (χ1v) is 5.48. The summed E-state index contributed by atoms with van der Waals surface area (Å²) in [5.74, 6) is 2.03. The summed E-state index contributed by atoms with van der Waals surface area (Å²) in [6, 6.07) is 0. The molecule has 2 saturated carbocycles. The third kappa shape index (κ3) is 0.963. The highest BCUT2D eigenvalue weighted by atomic mass is 14.7. The van der Waals surface area contributed by atoms with Gasteiger partial charge in [-0.3, -0.25) is 0 Å². The Morgan fingerprint density at radius 3 is 1.92 bits per heavy atom. The summed E-state index contributed by atoms with van der Waals surface area (Å²) in [5, 5.41) is 0. The normalized spacial score (nSPS) is 39.0. The Morgan fingerprint density at radius 2 is 1.58 bits per heavy atom. The molecule has 0 heterocycles. The summed E-state index contributed by atoms with van der Waals surface area (Å²) in [6.45, 7) is 9.73. The van der Waals surface area contributed by atoms with E-state index < -0.39 is 0 Å². The largest absolute Gasteiger partial charge is 0.0617 e. The molecule has 0 bridgehead atoms. The average molecular weight is 166 g/mol. The van der Waals surface area contributed by atoms with Crippen molar-refractivity contribution in [3.05, 3.63) is 0 Å². The number of hydrogen-bond donors (Lipinski definition) is 0. The van der Waals surface area contributed by atoms with Crippen LogP contribution in [-0.4, -0.2) is 0 Å². The third-order valence-electron chi connectivity index (χ3n) is 4.38. The minimum atomic E-state index is 0.559. The molecule has 0 aliphatic heterocycles. The van der Waals surface area contributed by atoms with Crippen molar-refractivity contribution >= 4 is 0 Å². The molecule has 0 radical (unpaired) electrons. The first-order valence-electron chi connectivity index (χ1n) is 5.48. The fourth-order valence-corrected chi connectivity index (χ4v) is 4.11. The first kappa shape index (κ1) is 8.59. The Kier molecular flexibility index (Phi) is 1.63. The second-order valence-electron chi connectivity index (χ2n) is 6.07. The molecule has 12 heavy (non-hydrogen) atoms. The average Bonchev–Trinajstić information content (AvgIpc) is 2.39. The Labute approximate surface area is 76.7 Å². The van der Waals surface area contributed by atoms with Crippen LogP contribution in [0.1, 0.15) is 53.4 Å². The van der Waals surface area contributed by atoms with Crippen LogP contribution in [-0.2, 0) is 0 Å². The molecule has 2 aliphatic rings. The third-order valence-corrected chi connectivity index (χ3v) is 4.38. The lowest BCUT2D eigenvalue weighted by atomic mass is 9.84. The molecule has 0 aromatic heterocycles. The smallest absolute Gasteiger partial charge is 0.0233 e. The molecule has 0 saturated heterocycles. The van der Waals surface area contributed by atoms with E-state index in [1.165, 1.54) is 25.7 Å². The zero-order chi connectivity index (χ0) is 8.98. The van der Waals surface area contributed by atoms with E-state index in [1.54, 1.807) is 0 Å². The summed E-state index contributed by atoms with van der Waals surface area (Å²) >= 11 is 0. The van der Waals surface area contributed by atoms with Gasteiger partial charge in [-0.1, -0.05) is 40.5 Å². The van der Waals surface area contributed by atoms with Crippen LogP contribution in [0, 0.1) is 22.7 Å². The van der Waals surface area contributed by atoms with Gasteiger partial charge in [0.15, 0.2) is 0 Å². The predicted molar refractivity (Wildman–Crippen MR) is 53.0 cm³/mol. The Bertz CT molecular complexity index is 179. The lowest BCUT2D eigenvalue weighted by molar-refractivity contribution is 0.280. The predicted octanol–water partition coefficient (Wildman–Crippen LogP) is 3.86. The van der Waals surface area contributed by atoms with Crippen LogP contribution in [0.25, 0.3) is 0 Å². The molecule has 0 N–H and O–H groups in total. The number of hydrogen-bond acceptors (Lipinski definition) is 0. The van der Waals surface area contributed by atoms with E-state index in [0.717, 1.165) is 17.3 Å². The van der Waals surface area contributed by atoms with E-state index in [0.29, 0.717) is 5.41 Å². The van der Waals surface area contributed by atoms with Crippen LogP contribution in [0.15, 0.2) is 0 Å². The highest BCUT2D eigenvalue weighted by molar-refractivity contribution is 5.13. The van der Waals surface area contributed by atoms with Crippen molar-refractivity contribution in [1.82, 2.24) is 0 Å². The summed E-state index contributed by atoms with van der Waals surface area (Å²) in [7, 11) is 0. The van der Waals surface area contributed by atoms with Crippen LogP contribution >= 0.6 is 0 Å². The lowest BCUT2D eigenvalue weighted by Gasteiger charge is -2.21. The van der Waals surface area contributed by atoms with E-state index in [4.69, 9.17) is 0 Å². The molecule has 0 nitrogen and oxygen atoms in total. The van der Waals surface area contributed by atoms with Gasteiger partial charge < -0.3 is 0 Å². The molecule has 0 amide bonds. The molecular formula is C12H22. The Balaban J connectivity index is 2.13. The summed E-state index contributed by atoms with van der Waals surface area (Å²) < 4.78 is 0. The highest BCUT2D eigenvalue weighted by Crippen LogP contribution is 2.72. The van der Waals surface area contributed by atoms with Gasteiger partial charge in [0.2, 0.25) is 0 Å². The van der Waals surface area contributed by atoms with E-state index in [2.05, 4.69) is 27.7 Å². The molecule has 2 aliphatic carbocycles. The van der Waals surface area contributed by atoms with E-state index in [9.17, 15) is 0 Å². The van der Waals surface area contributed by atoms with Crippen LogP contribution in [0.4, 0.5) is 0 Å². The highest BCUT2D eigenvalue weighted by Gasteiger charge is 2.65. The monoisotopic (exact) mass is 166 g/mol. The SMILES string of the molecule is CC1C(C(C)(C)C)C12CCCC2. The molecule has 2 unspecified atom stereocenters. The standard InChI is InChI=1S/C12H22/c1-9-10(11(2,3)4)12(9)7-5-6-8-12/h9-10H,5-8H2,1-4H3. The van der Waals surface area contributed by atoms with E-state index >= 15 is 0 Å². The van der Waals surface area contributed by atoms with Gasteiger partial charge in [-0.05, 0) is 35.5 Å². The van der Waals surface area contributed by atoms with Crippen molar-refractivity contribution in [2.45, 2.75) is 53.4 Å². The zero-order valence-corrected chi connectivity index (χ0v) is 8.98. The van der Waals surface area contributed by atoms with Crippen molar-refractivity contribution < 1.29 is 0 Å². The molecule has 2 rings (SSSR count). The topological polar surface area (TPSA) is 0 Å². The van der Waals surface area contributed by atoms with Crippen molar-refractivity contribution in [2.75, 3.05) is 0 Å². The second kappa shape index (κ2) is 2.27. The van der Waals surface area contributed by atoms with Crippen molar-refractivity contribution in [1.29, 1.82) is 0 Å². The minimum Gasteiger partial charge on any atom is -0.0617 e. The van der Waals surface area contributed by atoms with E-state index in [-0.39, 0.29) is 0 Å². The van der Waals surface area contributed by atoms with Gasteiger partial charge in [0.25, 0.3) is 0 Å². The number of rotatable bonds is 0. The quantitative estimate of drug-likeness (QED) is 0.512. The van der Waals surface area contributed by atoms with Gasteiger partial charge in [-0.2, -0.15) is 0 Å². The summed E-state index contributed by atoms with van der Waals surface area (Å²) in [5.41, 5.74) is 1.36. The van der Waals surface area contributed by atoms with Crippen molar-refractivity contribution in [2.24, 2.45) is 22.7 Å². The van der Waals surface area contributed by atoms with Crippen molar-refractivity contribution in [3.63, 3.8) is 0 Å². The fraction of sp³-hybridized carbons (Fsp3) is 1.00.